The van der Waals surface area contributed by atoms with Gasteiger partial charge < -0.3 is 14.5 Å². The predicted molar refractivity (Wildman–Crippen MR) is 78.3 cm³/mol. The van der Waals surface area contributed by atoms with Crippen molar-refractivity contribution in [3.05, 3.63) is 29.2 Å². The van der Waals surface area contributed by atoms with Gasteiger partial charge in [0.15, 0.2) is 0 Å². The molecule has 0 spiro atoms. The van der Waals surface area contributed by atoms with Crippen LogP contribution in [0.3, 0.4) is 0 Å². The number of ether oxygens (including phenoxy) is 1. The summed E-state index contributed by atoms with van der Waals surface area (Å²) in [7, 11) is 1.61. The summed E-state index contributed by atoms with van der Waals surface area (Å²) < 4.78 is 10.6. The fourth-order valence-corrected chi connectivity index (χ4v) is 2.17. The van der Waals surface area contributed by atoms with Crippen molar-refractivity contribution in [2.24, 2.45) is 5.92 Å². The monoisotopic (exact) mass is 288 g/mol. The van der Waals surface area contributed by atoms with Crippen LogP contribution in [0.1, 0.15) is 37.2 Å². The molecule has 112 valence electrons. The van der Waals surface area contributed by atoms with Gasteiger partial charge in [0.05, 0.1) is 0 Å². The molecule has 0 aromatic carbocycles. The largest absolute Gasteiger partial charge is 0.461 e. The molecule has 1 aliphatic rings. The van der Waals surface area contributed by atoms with Crippen LogP contribution in [0.5, 0.6) is 0 Å². The smallest absolute Gasteiger partial charge is 0.262 e. The fourth-order valence-electron chi connectivity index (χ4n) is 2.17. The topological polar surface area (TPSA) is 75.3 Å². The molecule has 1 heterocycles. The number of hydrogen-bond donors (Lipinski definition) is 1. The molecule has 5 nitrogen and oxygen atoms in total. The van der Waals surface area contributed by atoms with Crippen LogP contribution in [-0.2, 0) is 9.53 Å². The number of carbonyl (C=O) groups is 1. The Morgan fingerprint density at radius 3 is 3.00 bits per heavy atom. The van der Waals surface area contributed by atoms with Gasteiger partial charge in [-0.05, 0) is 30.9 Å². The summed E-state index contributed by atoms with van der Waals surface area (Å²) in [5.74, 6) is 2.25. The quantitative estimate of drug-likeness (QED) is 0.475. The third-order valence-corrected chi connectivity index (χ3v) is 3.58. The predicted octanol–water partition coefficient (Wildman–Crippen LogP) is 2.46. The van der Waals surface area contributed by atoms with E-state index in [-0.39, 0.29) is 11.5 Å². The molecule has 0 saturated heterocycles. The zero-order chi connectivity index (χ0) is 15.2. The first kappa shape index (κ1) is 15.3. The number of amides is 1. The Bertz CT molecular complexity index is 568. The molecule has 1 aromatic rings. The maximum atomic E-state index is 11.9. The van der Waals surface area contributed by atoms with Gasteiger partial charge in [-0.25, -0.2) is 0 Å². The fraction of sp³-hybridized carbons (Fsp3) is 0.500. The van der Waals surface area contributed by atoms with Crippen LogP contribution in [0.4, 0.5) is 0 Å². The van der Waals surface area contributed by atoms with Crippen LogP contribution >= 0.6 is 0 Å². The van der Waals surface area contributed by atoms with E-state index in [2.05, 4.69) is 12.2 Å². The number of rotatable bonds is 7. The third-order valence-electron chi connectivity index (χ3n) is 3.58. The molecule has 1 aliphatic carbocycles. The Kier molecular flexibility index (Phi) is 5.18. The highest BCUT2D eigenvalue weighted by molar-refractivity contribution is 6.01. The van der Waals surface area contributed by atoms with Crippen molar-refractivity contribution in [3.8, 4) is 6.07 Å². The Morgan fingerprint density at radius 2 is 2.38 bits per heavy atom. The minimum atomic E-state index is -0.383. The molecule has 5 heteroatoms. The number of furan rings is 1. The number of nitriles is 1. The van der Waals surface area contributed by atoms with Gasteiger partial charge in [-0.2, -0.15) is 5.26 Å². The van der Waals surface area contributed by atoms with E-state index >= 15 is 0 Å². The Morgan fingerprint density at radius 1 is 1.62 bits per heavy atom. The lowest BCUT2D eigenvalue weighted by Crippen LogP contribution is -2.26. The van der Waals surface area contributed by atoms with Gasteiger partial charge in [-0.15, -0.1) is 0 Å². The standard InChI is InChI=1S/C16H20N2O3/c1-11-8-14(11)15-5-4-13(21-15)9-12(10-17)16(19)18-6-3-7-20-2/h4-5,9,11,14H,3,6-8H2,1-2H3,(H,18,19)/b12-9+/t11-,14+/m1/s1. The van der Waals surface area contributed by atoms with Crippen LogP contribution in [0, 0.1) is 17.2 Å². The van der Waals surface area contributed by atoms with Crippen LogP contribution < -0.4 is 5.32 Å². The number of carbonyl (C=O) groups excluding carboxylic acids is 1. The zero-order valence-electron chi connectivity index (χ0n) is 12.4. The summed E-state index contributed by atoms with van der Waals surface area (Å²) in [6.07, 6.45) is 3.34. The van der Waals surface area contributed by atoms with E-state index in [1.165, 1.54) is 6.08 Å². The van der Waals surface area contributed by atoms with Crippen molar-refractivity contribution in [2.75, 3.05) is 20.3 Å². The third kappa shape index (κ3) is 4.20. The van der Waals surface area contributed by atoms with E-state index < -0.39 is 0 Å². The van der Waals surface area contributed by atoms with E-state index in [4.69, 9.17) is 14.4 Å². The maximum Gasteiger partial charge on any atom is 0.262 e. The molecule has 0 bridgehead atoms. The average Bonchev–Trinajstić information content (AvgIpc) is 3.02. The number of nitrogens with one attached hydrogen (secondary N) is 1. The Hall–Kier alpha value is -2.06. The van der Waals surface area contributed by atoms with Crippen molar-refractivity contribution >= 4 is 12.0 Å². The molecular formula is C16H20N2O3. The van der Waals surface area contributed by atoms with E-state index in [9.17, 15) is 4.79 Å². The second-order valence-corrected chi connectivity index (χ2v) is 5.33. The van der Waals surface area contributed by atoms with Crippen molar-refractivity contribution in [1.82, 2.24) is 5.32 Å². The minimum absolute atomic E-state index is 0.0529. The van der Waals surface area contributed by atoms with Crippen molar-refractivity contribution < 1.29 is 13.9 Å². The van der Waals surface area contributed by atoms with E-state index in [1.54, 1.807) is 13.2 Å². The lowest BCUT2D eigenvalue weighted by molar-refractivity contribution is -0.117. The van der Waals surface area contributed by atoms with Crippen LogP contribution in [0.2, 0.25) is 0 Å². The second kappa shape index (κ2) is 7.09. The van der Waals surface area contributed by atoms with Gasteiger partial charge >= 0.3 is 0 Å². The molecule has 1 aromatic heterocycles. The highest BCUT2D eigenvalue weighted by Crippen LogP contribution is 2.47. The molecule has 1 N–H and O–H groups in total. The summed E-state index contributed by atoms with van der Waals surface area (Å²) in [6, 6.07) is 5.64. The first-order chi connectivity index (χ1) is 10.2. The molecule has 2 rings (SSSR count). The molecule has 1 fully saturated rings. The van der Waals surface area contributed by atoms with Crippen LogP contribution in [0.25, 0.3) is 6.08 Å². The summed E-state index contributed by atoms with van der Waals surface area (Å²) in [6.45, 7) is 3.23. The maximum absolute atomic E-state index is 11.9. The molecule has 0 aliphatic heterocycles. The first-order valence-electron chi connectivity index (χ1n) is 7.14. The molecule has 1 saturated carbocycles. The van der Waals surface area contributed by atoms with E-state index in [0.717, 1.165) is 12.2 Å². The van der Waals surface area contributed by atoms with Crippen LogP contribution in [-0.4, -0.2) is 26.2 Å². The SMILES string of the molecule is COCCCNC(=O)/C(C#N)=C/c1ccc([C@H]2C[C@H]2C)o1. The van der Waals surface area contributed by atoms with Gasteiger partial charge in [0.1, 0.15) is 23.2 Å². The minimum Gasteiger partial charge on any atom is -0.461 e. The molecule has 0 unspecified atom stereocenters. The Balaban J connectivity index is 1.94. The first-order valence-corrected chi connectivity index (χ1v) is 7.14. The summed E-state index contributed by atoms with van der Waals surface area (Å²) >= 11 is 0. The highest BCUT2D eigenvalue weighted by Gasteiger charge is 2.36. The van der Waals surface area contributed by atoms with Crippen LogP contribution in [0.15, 0.2) is 22.1 Å². The number of hydrogen-bond acceptors (Lipinski definition) is 4. The van der Waals surface area contributed by atoms with Gasteiger partial charge in [0, 0.05) is 32.3 Å². The molecule has 1 amide bonds. The van der Waals surface area contributed by atoms with Crippen molar-refractivity contribution in [1.29, 1.82) is 5.26 Å². The average molecular weight is 288 g/mol. The van der Waals surface area contributed by atoms with Gasteiger partial charge in [-0.1, -0.05) is 6.92 Å². The molecule has 0 radical (unpaired) electrons. The number of methoxy groups -OCH3 is 1. The number of nitrogens with zero attached hydrogens (tertiary/aromatic N) is 1. The zero-order valence-corrected chi connectivity index (χ0v) is 12.4. The van der Waals surface area contributed by atoms with E-state index in [1.807, 2.05) is 12.1 Å². The molecule has 2 atom stereocenters. The van der Waals surface area contributed by atoms with Gasteiger partial charge in [0.25, 0.3) is 5.91 Å². The lowest BCUT2D eigenvalue weighted by Gasteiger charge is -2.03. The summed E-state index contributed by atoms with van der Waals surface area (Å²) in [5.41, 5.74) is 0.0529. The van der Waals surface area contributed by atoms with E-state index in [0.29, 0.717) is 37.2 Å². The summed E-state index contributed by atoms with van der Waals surface area (Å²) in [5, 5.41) is 11.8. The molecular weight excluding hydrogens is 268 g/mol. The highest BCUT2D eigenvalue weighted by atomic mass is 16.5. The lowest BCUT2D eigenvalue weighted by atomic mass is 10.2. The van der Waals surface area contributed by atoms with Gasteiger partial charge in [0.2, 0.25) is 0 Å². The Labute approximate surface area is 124 Å². The summed E-state index contributed by atoms with van der Waals surface area (Å²) in [4.78, 5) is 11.9. The van der Waals surface area contributed by atoms with Crippen molar-refractivity contribution in [3.63, 3.8) is 0 Å². The van der Waals surface area contributed by atoms with Crippen molar-refractivity contribution in [2.45, 2.75) is 25.7 Å². The second-order valence-electron chi connectivity index (χ2n) is 5.33. The normalized spacial score (nSPS) is 20.9. The van der Waals surface area contributed by atoms with Gasteiger partial charge in [-0.3, -0.25) is 4.79 Å². The molecule has 21 heavy (non-hydrogen) atoms.